The van der Waals surface area contributed by atoms with Crippen LogP contribution in [0.1, 0.15) is 19.4 Å². The first-order valence-corrected chi connectivity index (χ1v) is 5.75. The number of halogens is 2. The largest absolute Gasteiger partial charge is 0.311 e. The van der Waals surface area contributed by atoms with Crippen LogP contribution in [0.2, 0.25) is 10.0 Å². The van der Waals surface area contributed by atoms with Gasteiger partial charge in [0.25, 0.3) is 0 Å². The molecule has 0 saturated carbocycles. The molecule has 1 N–H and O–H groups in total. The molecule has 0 heterocycles. The lowest BCUT2D eigenvalue weighted by Gasteiger charge is -2.06. The number of benzene rings is 1. The molecule has 1 rings (SSSR count). The van der Waals surface area contributed by atoms with Crippen molar-refractivity contribution in [2.24, 2.45) is 0 Å². The summed E-state index contributed by atoms with van der Waals surface area (Å²) in [6.45, 7) is 5.14. The Kier molecular flexibility index (Phi) is 5.16. The molecule has 1 unspecified atom stereocenters. The molecule has 0 spiro atoms. The molecule has 0 saturated heterocycles. The van der Waals surface area contributed by atoms with Crippen molar-refractivity contribution in [3.8, 4) is 0 Å². The summed E-state index contributed by atoms with van der Waals surface area (Å²) in [6.07, 6.45) is 4.09. The highest BCUT2D eigenvalue weighted by atomic mass is 35.5. The number of hydrogen-bond acceptors (Lipinski definition) is 1. The standard InChI is InChI=1S/C12H15Cl2N/c1-3-15-9(2)4-5-10-6-7-11(13)8-12(10)14/h4-9,15H,3H2,1-2H3/b5-4+. The molecular formula is C12H15Cl2N. The average Bonchev–Trinajstić information content (AvgIpc) is 2.17. The molecule has 0 aliphatic carbocycles. The average molecular weight is 244 g/mol. The van der Waals surface area contributed by atoms with E-state index < -0.39 is 0 Å². The summed E-state index contributed by atoms with van der Waals surface area (Å²) >= 11 is 11.8. The van der Waals surface area contributed by atoms with E-state index in [0.29, 0.717) is 16.1 Å². The second-order valence-corrected chi connectivity index (χ2v) is 4.21. The first kappa shape index (κ1) is 12.6. The highest BCUT2D eigenvalue weighted by Crippen LogP contribution is 2.22. The number of rotatable bonds is 4. The van der Waals surface area contributed by atoms with Gasteiger partial charge in [0, 0.05) is 16.1 Å². The van der Waals surface area contributed by atoms with Gasteiger partial charge in [-0.05, 0) is 31.2 Å². The molecule has 0 aliphatic heterocycles. The van der Waals surface area contributed by atoms with Gasteiger partial charge in [-0.2, -0.15) is 0 Å². The third-order valence-electron chi connectivity index (χ3n) is 2.05. The van der Waals surface area contributed by atoms with Gasteiger partial charge in [0.2, 0.25) is 0 Å². The predicted molar refractivity (Wildman–Crippen MR) is 68.6 cm³/mol. The highest BCUT2D eigenvalue weighted by Gasteiger charge is 1.98. The molecule has 0 bridgehead atoms. The Balaban J connectivity index is 2.72. The molecule has 0 amide bonds. The van der Waals surface area contributed by atoms with E-state index in [1.54, 1.807) is 6.07 Å². The summed E-state index contributed by atoms with van der Waals surface area (Å²) in [4.78, 5) is 0. The van der Waals surface area contributed by atoms with E-state index in [-0.39, 0.29) is 0 Å². The Morgan fingerprint density at radius 1 is 1.40 bits per heavy atom. The van der Waals surface area contributed by atoms with Crippen LogP contribution in [-0.2, 0) is 0 Å². The van der Waals surface area contributed by atoms with Gasteiger partial charge in [0.05, 0.1) is 0 Å². The summed E-state index contributed by atoms with van der Waals surface area (Å²) in [6, 6.07) is 5.85. The lowest BCUT2D eigenvalue weighted by molar-refractivity contribution is 0.663. The summed E-state index contributed by atoms with van der Waals surface area (Å²) in [5.74, 6) is 0. The van der Waals surface area contributed by atoms with Crippen molar-refractivity contribution in [2.75, 3.05) is 6.54 Å². The first-order valence-electron chi connectivity index (χ1n) is 5.00. The molecule has 3 heteroatoms. The van der Waals surface area contributed by atoms with Crippen LogP contribution in [0.25, 0.3) is 6.08 Å². The van der Waals surface area contributed by atoms with Crippen LogP contribution in [0.5, 0.6) is 0 Å². The van der Waals surface area contributed by atoms with Gasteiger partial charge in [-0.15, -0.1) is 0 Å². The molecule has 1 nitrogen and oxygen atoms in total. The van der Waals surface area contributed by atoms with Crippen molar-refractivity contribution in [1.29, 1.82) is 0 Å². The fourth-order valence-corrected chi connectivity index (χ4v) is 1.75. The molecule has 1 atom stereocenters. The number of nitrogens with one attached hydrogen (secondary N) is 1. The third kappa shape index (κ3) is 4.25. The minimum atomic E-state index is 0.349. The van der Waals surface area contributed by atoms with Crippen LogP contribution >= 0.6 is 23.2 Å². The maximum Gasteiger partial charge on any atom is 0.0493 e. The SMILES string of the molecule is CCNC(C)/C=C/c1ccc(Cl)cc1Cl. The topological polar surface area (TPSA) is 12.0 Å². The first-order chi connectivity index (χ1) is 7.13. The summed E-state index contributed by atoms with van der Waals surface area (Å²) in [5.41, 5.74) is 0.991. The zero-order valence-corrected chi connectivity index (χ0v) is 10.4. The van der Waals surface area contributed by atoms with Gasteiger partial charge in [0.15, 0.2) is 0 Å². The monoisotopic (exact) mass is 243 g/mol. The van der Waals surface area contributed by atoms with Gasteiger partial charge in [-0.1, -0.05) is 48.3 Å². The Bertz CT molecular complexity index is 347. The fraction of sp³-hybridized carbons (Fsp3) is 0.333. The summed E-state index contributed by atoms with van der Waals surface area (Å²) < 4.78 is 0. The molecule has 0 radical (unpaired) electrons. The maximum absolute atomic E-state index is 6.03. The second kappa shape index (κ2) is 6.16. The quantitative estimate of drug-likeness (QED) is 0.843. The zero-order chi connectivity index (χ0) is 11.3. The molecule has 1 aromatic carbocycles. The molecule has 82 valence electrons. The normalized spacial score (nSPS) is 13.3. The zero-order valence-electron chi connectivity index (χ0n) is 8.93. The van der Waals surface area contributed by atoms with E-state index in [1.165, 1.54) is 0 Å². The number of likely N-dealkylation sites (N-methyl/N-ethyl adjacent to an activating group) is 1. The van der Waals surface area contributed by atoms with E-state index in [2.05, 4.69) is 25.2 Å². The van der Waals surface area contributed by atoms with E-state index in [1.807, 2.05) is 18.2 Å². The van der Waals surface area contributed by atoms with Crippen LogP contribution in [0.3, 0.4) is 0 Å². The van der Waals surface area contributed by atoms with Crippen molar-refractivity contribution < 1.29 is 0 Å². The molecule has 1 aromatic rings. The maximum atomic E-state index is 6.03. The fourth-order valence-electron chi connectivity index (χ4n) is 1.27. The second-order valence-electron chi connectivity index (χ2n) is 3.37. The Morgan fingerprint density at radius 2 is 2.13 bits per heavy atom. The van der Waals surface area contributed by atoms with E-state index >= 15 is 0 Å². The van der Waals surface area contributed by atoms with Gasteiger partial charge in [-0.25, -0.2) is 0 Å². The van der Waals surface area contributed by atoms with Crippen LogP contribution in [0.4, 0.5) is 0 Å². The van der Waals surface area contributed by atoms with Crippen molar-refractivity contribution in [3.05, 3.63) is 39.9 Å². The summed E-state index contributed by atoms with van der Waals surface area (Å²) in [7, 11) is 0. The smallest absolute Gasteiger partial charge is 0.0493 e. The Hall–Kier alpha value is -0.500. The van der Waals surface area contributed by atoms with E-state index in [0.717, 1.165) is 12.1 Å². The van der Waals surface area contributed by atoms with Crippen molar-refractivity contribution in [1.82, 2.24) is 5.32 Å². The highest BCUT2D eigenvalue weighted by molar-refractivity contribution is 6.35. The summed E-state index contributed by atoms with van der Waals surface area (Å²) in [5, 5.41) is 4.64. The number of hydrogen-bond donors (Lipinski definition) is 1. The van der Waals surface area contributed by atoms with Crippen LogP contribution < -0.4 is 5.32 Å². The van der Waals surface area contributed by atoms with Gasteiger partial charge in [0.1, 0.15) is 0 Å². The van der Waals surface area contributed by atoms with Gasteiger partial charge in [-0.3, -0.25) is 0 Å². The molecule has 0 aromatic heterocycles. The minimum absolute atomic E-state index is 0.349. The van der Waals surface area contributed by atoms with Crippen LogP contribution in [0.15, 0.2) is 24.3 Å². The Labute approximate surface area is 101 Å². The minimum Gasteiger partial charge on any atom is -0.311 e. The molecule has 15 heavy (non-hydrogen) atoms. The van der Waals surface area contributed by atoms with Crippen LogP contribution in [0, 0.1) is 0 Å². The van der Waals surface area contributed by atoms with E-state index in [9.17, 15) is 0 Å². The lowest BCUT2D eigenvalue weighted by Crippen LogP contribution is -2.22. The predicted octanol–water partition coefficient (Wildman–Crippen LogP) is 4.00. The lowest BCUT2D eigenvalue weighted by atomic mass is 10.2. The third-order valence-corrected chi connectivity index (χ3v) is 2.62. The van der Waals surface area contributed by atoms with E-state index in [4.69, 9.17) is 23.2 Å². The molecular weight excluding hydrogens is 229 g/mol. The van der Waals surface area contributed by atoms with Crippen molar-refractivity contribution in [3.63, 3.8) is 0 Å². The molecule has 0 aliphatic rings. The Morgan fingerprint density at radius 3 is 2.73 bits per heavy atom. The molecule has 0 fully saturated rings. The van der Waals surface area contributed by atoms with Crippen molar-refractivity contribution >= 4 is 29.3 Å². The van der Waals surface area contributed by atoms with Crippen molar-refractivity contribution in [2.45, 2.75) is 19.9 Å². The van der Waals surface area contributed by atoms with Crippen LogP contribution in [-0.4, -0.2) is 12.6 Å². The van der Waals surface area contributed by atoms with Gasteiger partial charge >= 0.3 is 0 Å². The van der Waals surface area contributed by atoms with Gasteiger partial charge < -0.3 is 5.32 Å².